The molecule has 0 aliphatic heterocycles. The van der Waals surface area contributed by atoms with Crippen LogP contribution in [0.2, 0.25) is 5.02 Å². The molecule has 0 fully saturated rings. The molecule has 0 aliphatic rings. The fourth-order valence-corrected chi connectivity index (χ4v) is 2.13. The number of rotatable bonds is 3. The van der Waals surface area contributed by atoms with Crippen LogP contribution in [0.25, 0.3) is 0 Å². The minimum atomic E-state index is -0.452. The molecule has 0 radical (unpaired) electrons. The summed E-state index contributed by atoms with van der Waals surface area (Å²) in [6, 6.07) is 6.52. The second kappa shape index (κ2) is 5.97. The normalized spacial score (nSPS) is 10.4. The van der Waals surface area contributed by atoms with Crippen LogP contribution in [-0.2, 0) is 11.3 Å². The van der Waals surface area contributed by atoms with Crippen LogP contribution in [0.4, 0.5) is 11.4 Å². The van der Waals surface area contributed by atoms with Crippen molar-refractivity contribution in [3.8, 4) is 0 Å². The van der Waals surface area contributed by atoms with E-state index in [4.69, 9.17) is 17.3 Å². The lowest BCUT2D eigenvalue weighted by Gasteiger charge is -2.11. The van der Waals surface area contributed by atoms with Gasteiger partial charge in [0.1, 0.15) is 6.54 Å². The van der Waals surface area contributed by atoms with E-state index in [1.807, 2.05) is 0 Å². The minimum Gasteiger partial charge on any atom is -0.397 e. The van der Waals surface area contributed by atoms with Crippen LogP contribution in [0.1, 0.15) is 11.4 Å². The molecule has 2 rings (SSSR count). The largest absolute Gasteiger partial charge is 0.397 e. The molecule has 0 saturated carbocycles. The van der Waals surface area contributed by atoms with E-state index in [2.05, 4.69) is 10.3 Å². The highest BCUT2D eigenvalue weighted by molar-refractivity contribution is 6.31. The number of benzene rings is 1. The van der Waals surface area contributed by atoms with E-state index in [0.717, 1.165) is 0 Å². The van der Waals surface area contributed by atoms with Crippen molar-refractivity contribution in [2.24, 2.45) is 0 Å². The molecule has 2 aromatic rings. The summed E-state index contributed by atoms with van der Waals surface area (Å²) in [7, 11) is 0. The van der Waals surface area contributed by atoms with Crippen molar-refractivity contribution in [3.63, 3.8) is 0 Å². The SMILES string of the molecule is Cc1cc(C)n(CC(=O)Nc2ccc(Cl)cc2N)c(=O)n1. The first kappa shape index (κ1) is 15.1. The van der Waals surface area contributed by atoms with Gasteiger partial charge in [-0.25, -0.2) is 4.79 Å². The first-order valence-electron chi connectivity index (χ1n) is 6.27. The van der Waals surface area contributed by atoms with Gasteiger partial charge in [-0.15, -0.1) is 0 Å². The van der Waals surface area contributed by atoms with Crippen LogP contribution in [0.15, 0.2) is 29.1 Å². The van der Waals surface area contributed by atoms with Gasteiger partial charge in [-0.1, -0.05) is 11.6 Å². The van der Waals surface area contributed by atoms with Gasteiger partial charge in [-0.3, -0.25) is 9.36 Å². The summed E-state index contributed by atoms with van der Waals surface area (Å²) in [5, 5.41) is 3.13. The number of anilines is 2. The summed E-state index contributed by atoms with van der Waals surface area (Å²) in [5.41, 5.74) is 7.42. The zero-order chi connectivity index (χ0) is 15.6. The van der Waals surface area contributed by atoms with Crippen LogP contribution < -0.4 is 16.7 Å². The van der Waals surface area contributed by atoms with Crippen molar-refractivity contribution in [1.82, 2.24) is 9.55 Å². The lowest BCUT2D eigenvalue weighted by Crippen LogP contribution is -2.31. The maximum atomic E-state index is 12.0. The van der Waals surface area contributed by atoms with E-state index in [-0.39, 0.29) is 12.5 Å². The Morgan fingerprint density at radius 2 is 2.10 bits per heavy atom. The summed E-state index contributed by atoms with van der Waals surface area (Å²) in [6.45, 7) is 3.35. The number of nitrogen functional groups attached to an aromatic ring is 1. The molecule has 0 saturated heterocycles. The number of halogens is 1. The van der Waals surface area contributed by atoms with Crippen LogP contribution in [-0.4, -0.2) is 15.5 Å². The first-order valence-corrected chi connectivity index (χ1v) is 6.64. The lowest BCUT2D eigenvalue weighted by molar-refractivity contribution is -0.116. The van der Waals surface area contributed by atoms with Crippen LogP contribution in [0.5, 0.6) is 0 Å². The highest BCUT2D eigenvalue weighted by Gasteiger charge is 2.10. The highest BCUT2D eigenvalue weighted by Crippen LogP contribution is 2.22. The summed E-state index contributed by atoms with van der Waals surface area (Å²) in [6.07, 6.45) is 0. The number of carbonyl (C=O) groups excluding carboxylic acids is 1. The number of nitrogens with two attached hydrogens (primary N) is 1. The quantitative estimate of drug-likeness (QED) is 0.845. The van der Waals surface area contributed by atoms with E-state index < -0.39 is 5.69 Å². The Bertz CT molecular complexity index is 755. The highest BCUT2D eigenvalue weighted by atomic mass is 35.5. The summed E-state index contributed by atoms with van der Waals surface area (Å²) in [4.78, 5) is 27.6. The number of hydrogen-bond acceptors (Lipinski definition) is 4. The van der Waals surface area contributed by atoms with E-state index in [0.29, 0.717) is 27.8 Å². The molecule has 1 aromatic carbocycles. The molecular weight excluding hydrogens is 292 g/mol. The Morgan fingerprint density at radius 1 is 1.38 bits per heavy atom. The third-order valence-electron chi connectivity index (χ3n) is 2.94. The Hall–Kier alpha value is -2.34. The lowest BCUT2D eigenvalue weighted by atomic mass is 10.2. The van der Waals surface area contributed by atoms with Gasteiger partial charge < -0.3 is 11.1 Å². The van der Waals surface area contributed by atoms with Gasteiger partial charge in [-0.05, 0) is 38.1 Å². The molecule has 3 N–H and O–H groups in total. The second-order valence-corrected chi connectivity index (χ2v) is 5.12. The van der Waals surface area contributed by atoms with Crippen LogP contribution in [0, 0.1) is 13.8 Å². The molecule has 0 atom stereocenters. The molecule has 1 heterocycles. The average Bonchev–Trinajstić information content (AvgIpc) is 2.37. The Labute approximate surface area is 126 Å². The van der Waals surface area contributed by atoms with E-state index >= 15 is 0 Å². The Balaban J connectivity index is 2.18. The Kier molecular flexibility index (Phi) is 4.28. The number of hydrogen-bond donors (Lipinski definition) is 2. The maximum Gasteiger partial charge on any atom is 0.348 e. The molecule has 0 unspecified atom stereocenters. The van der Waals surface area contributed by atoms with Gasteiger partial charge in [0.15, 0.2) is 0 Å². The van der Waals surface area contributed by atoms with Crippen molar-refractivity contribution < 1.29 is 4.79 Å². The monoisotopic (exact) mass is 306 g/mol. The number of nitrogens with zero attached hydrogens (tertiary/aromatic N) is 2. The van der Waals surface area contributed by atoms with Gasteiger partial charge in [0, 0.05) is 16.4 Å². The zero-order valence-electron chi connectivity index (χ0n) is 11.7. The third kappa shape index (κ3) is 3.61. The van der Waals surface area contributed by atoms with E-state index in [1.54, 1.807) is 38.1 Å². The maximum absolute atomic E-state index is 12.0. The number of aromatic nitrogens is 2. The molecule has 6 nitrogen and oxygen atoms in total. The van der Waals surface area contributed by atoms with Crippen molar-refractivity contribution >= 4 is 28.9 Å². The zero-order valence-corrected chi connectivity index (χ0v) is 12.4. The fraction of sp³-hybridized carbons (Fsp3) is 0.214. The van der Waals surface area contributed by atoms with Crippen LogP contribution in [0.3, 0.4) is 0 Å². The molecular formula is C14H15ClN4O2. The van der Waals surface area contributed by atoms with Crippen molar-refractivity contribution in [3.05, 3.63) is 51.2 Å². The first-order chi connectivity index (χ1) is 9.86. The second-order valence-electron chi connectivity index (χ2n) is 4.69. The molecule has 21 heavy (non-hydrogen) atoms. The standard InChI is InChI=1S/C14H15ClN4O2/c1-8-5-9(2)19(14(21)17-8)7-13(20)18-12-4-3-10(15)6-11(12)16/h3-6H,7,16H2,1-2H3,(H,18,20). The number of amides is 1. The molecule has 0 bridgehead atoms. The molecule has 1 aromatic heterocycles. The molecule has 1 amide bonds. The number of carbonyl (C=O) groups is 1. The van der Waals surface area contributed by atoms with Gasteiger partial charge in [0.2, 0.25) is 5.91 Å². The summed E-state index contributed by atoms with van der Waals surface area (Å²) < 4.78 is 1.30. The molecule has 7 heteroatoms. The smallest absolute Gasteiger partial charge is 0.348 e. The van der Waals surface area contributed by atoms with Crippen LogP contribution >= 0.6 is 11.6 Å². The predicted octanol–water partition coefficient (Wildman–Crippen LogP) is 1.73. The summed E-state index contributed by atoms with van der Waals surface area (Å²) >= 11 is 5.79. The van der Waals surface area contributed by atoms with E-state index in [9.17, 15) is 9.59 Å². The average molecular weight is 307 g/mol. The van der Waals surface area contributed by atoms with Crippen molar-refractivity contribution in [1.29, 1.82) is 0 Å². The predicted molar refractivity (Wildman–Crippen MR) is 82.5 cm³/mol. The third-order valence-corrected chi connectivity index (χ3v) is 3.17. The topological polar surface area (TPSA) is 90.0 Å². The van der Waals surface area contributed by atoms with Gasteiger partial charge >= 0.3 is 5.69 Å². The molecule has 0 aliphatic carbocycles. The van der Waals surface area contributed by atoms with Gasteiger partial charge in [-0.2, -0.15) is 4.98 Å². The summed E-state index contributed by atoms with van der Waals surface area (Å²) in [5.74, 6) is -0.361. The molecule has 110 valence electrons. The number of nitrogens with one attached hydrogen (secondary N) is 1. The number of aryl methyl sites for hydroxylation is 2. The van der Waals surface area contributed by atoms with Crippen molar-refractivity contribution in [2.45, 2.75) is 20.4 Å². The van der Waals surface area contributed by atoms with Crippen molar-refractivity contribution in [2.75, 3.05) is 11.1 Å². The minimum absolute atomic E-state index is 0.125. The molecule has 0 spiro atoms. The Morgan fingerprint density at radius 3 is 2.71 bits per heavy atom. The van der Waals surface area contributed by atoms with Gasteiger partial charge in [0.25, 0.3) is 0 Å². The van der Waals surface area contributed by atoms with Gasteiger partial charge in [0.05, 0.1) is 11.4 Å². The van der Waals surface area contributed by atoms with E-state index in [1.165, 1.54) is 4.57 Å². The fourth-order valence-electron chi connectivity index (χ4n) is 1.95.